The molecule has 0 bridgehead atoms. The second-order valence-corrected chi connectivity index (χ2v) is 4.33. The molecule has 5 nitrogen and oxygen atoms in total. The second-order valence-electron chi connectivity index (χ2n) is 3.37. The van der Waals surface area contributed by atoms with Crippen molar-refractivity contribution in [2.24, 2.45) is 0 Å². The molecule has 2 rings (SSSR count). The molecule has 0 spiro atoms. The largest absolute Gasteiger partial charge is 0.464 e. The summed E-state index contributed by atoms with van der Waals surface area (Å²) in [6.07, 6.45) is 1.58. The van der Waals surface area contributed by atoms with Crippen molar-refractivity contribution in [2.75, 3.05) is 7.11 Å². The third kappa shape index (κ3) is 2.39. The third-order valence-corrected chi connectivity index (χ3v) is 3.10. The molecule has 2 heterocycles. The van der Waals surface area contributed by atoms with Gasteiger partial charge in [0.2, 0.25) is 0 Å². The fraction of sp³-hybridized carbons (Fsp3) is 0.182. The van der Waals surface area contributed by atoms with E-state index in [2.05, 4.69) is 26.0 Å². The number of methoxy groups -OCH3 is 1. The van der Waals surface area contributed by atoms with Crippen molar-refractivity contribution in [1.29, 1.82) is 0 Å². The van der Waals surface area contributed by atoms with Crippen LogP contribution in [0, 0.1) is 0 Å². The van der Waals surface area contributed by atoms with Crippen LogP contribution in [0.2, 0.25) is 5.02 Å². The van der Waals surface area contributed by atoms with Crippen LogP contribution in [0.4, 0.5) is 0 Å². The molecule has 2 aromatic rings. The Morgan fingerprint density at radius 3 is 3.00 bits per heavy atom. The Bertz CT molecular complexity index is 585. The molecule has 7 heteroatoms. The van der Waals surface area contributed by atoms with Crippen LogP contribution in [0.15, 0.2) is 24.4 Å². The van der Waals surface area contributed by atoms with Crippen LogP contribution in [-0.4, -0.2) is 27.8 Å². The second kappa shape index (κ2) is 5.49. The van der Waals surface area contributed by atoms with E-state index >= 15 is 0 Å². The molecular weight excluding hydrogens is 321 g/mol. The van der Waals surface area contributed by atoms with Crippen LogP contribution in [-0.2, 0) is 10.1 Å². The van der Waals surface area contributed by atoms with Gasteiger partial charge in [0.15, 0.2) is 11.5 Å². The van der Waals surface area contributed by atoms with Gasteiger partial charge in [-0.3, -0.25) is 0 Å². The quantitative estimate of drug-likeness (QED) is 0.641. The summed E-state index contributed by atoms with van der Waals surface area (Å²) < 4.78 is 6.09. The molecule has 0 aliphatic carbocycles. The van der Waals surface area contributed by atoms with Crippen LogP contribution >= 0.6 is 27.5 Å². The number of hydrogen-bond donors (Lipinski definition) is 0. The predicted molar refractivity (Wildman–Crippen MR) is 70.3 cm³/mol. The Balaban J connectivity index is 2.59. The van der Waals surface area contributed by atoms with Gasteiger partial charge in [-0.15, -0.1) is 0 Å². The summed E-state index contributed by atoms with van der Waals surface area (Å²) >= 11 is 9.33. The highest BCUT2D eigenvalue weighted by molar-refractivity contribution is 9.08. The lowest BCUT2D eigenvalue weighted by atomic mass is 10.3. The summed E-state index contributed by atoms with van der Waals surface area (Å²) in [6, 6.07) is 5.02. The summed E-state index contributed by atoms with van der Waals surface area (Å²) in [5.41, 5.74) is 0.977. The van der Waals surface area contributed by atoms with Gasteiger partial charge in [0, 0.05) is 11.5 Å². The molecule has 0 radical (unpaired) electrons. The van der Waals surface area contributed by atoms with Gasteiger partial charge in [-0.2, -0.15) is 5.10 Å². The molecular formula is C11H9BrClN3O2. The highest BCUT2D eigenvalue weighted by Crippen LogP contribution is 2.20. The third-order valence-electron chi connectivity index (χ3n) is 2.23. The molecule has 0 unspecified atom stereocenters. The van der Waals surface area contributed by atoms with E-state index in [-0.39, 0.29) is 5.69 Å². The molecule has 0 aliphatic heterocycles. The maximum absolute atomic E-state index is 11.7. The lowest BCUT2D eigenvalue weighted by molar-refractivity contribution is 0.0590. The van der Waals surface area contributed by atoms with Crippen molar-refractivity contribution in [3.05, 3.63) is 40.8 Å². The fourth-order valence-corrected chi connectivity index (χ4v) is 1.92. The van der Waals surface area contributed by atoms with Gasteiger partial charge in [0.25, 0.3) is 0 Å². The zero-order chi connectivity index (χ0) is 13.1. The molecule has 0 saturated carbocycles. The van der Waals surface area contributed by atoms with E-state index in [1.165, 1.54) is 11.8 Å². The van der Waals surface area contributed by atoms with Crippen molar-refractivity contribution in [3.8, 4) is 5.82 Å². The van der Waals surface area contributed by atoms with E-state index < -0.39 is 5.97 Å². The number of hydrogen-bond acceptors (Lipinski definition) is 4. The van der Waals surface area contributed by atoms with E-state index in [0.29, 0.717) is 21.9 Å². The Labute approximate surface area is 117 Å². The molecule has 0 aromatic carbocycles. The van der Waals surface area contributed by atoms with E-state index in [9.17, 15) is 4.79 Å². The Kier molecular flexibility index (Phi) is 3.98. The summed E-state index contributed by atoms with van der Waals surface area (Å²) in [5.74, 6) is -0.0943. The topological polar surface area (TPSA) is 57.0 Å². The molecule has 0 saturated heterocycles. The SMILES string of the molecule is COC(=O)c1cc(CBr)nn1-c1ncccc1Cl. The van der Waals surface area contributed by atoms with Crippen LogP contribution in [0.25, 0.3) is 5.82 Å². The molecule has 0 atom stereocenters. The van der Waals surface area contributed by atoms with Gasteiger partial charge >= 0.3 is 5.97 Å². The number of carbonyl (C=O) groups excluding carboxylic acids is 1. The highest BCUT2D eigenvalue weighted by atomic mass is 79.9. The van der Waals surface area contributed by atoms with Crippen molar-refractivity contribution in [3.63, 3.8) is 0 Å². The first kappa shape index (κ1) is 13.0. The Morgan fingerprint density at radius 1 is 1.61 bits per heavy atom. The monoisotopic (exact) mass is 329 g/mol. The molecule has 0 N–H and O–H groups in total. The van der Waals surface area contributed by atoms with E-state index in [1.807, 2.05) is 0 Å². The first-order valence-electron chi connectivity index (χ1n) is 5.01. The zero-order valence-corrected chi connectivity index (χ0v) is 11.8. The standard InChI is InChI=1S/C11H9BrClN3O2/c1-18-11(17)9-5-7(6-12)15-16(9)10-8(13)3-2-4-14-10/h2-5H,6H2,1H3. The first-order valence-corrected chi connectivity index (χ1v) is 6.51. The normalized spacial score (nSPS) is 10.4. The molecule has 18 heavy (non-hydrogen) atoms. The fourth-order valence-electron chi connectivity index (χ4n) is 1.44. The Hall–Kier alpha value is -1.40. The smallest absolute Gasteiger partial charge is 0.356 e. The molecule has 2 aromatic heterocycles. The average Bonchev–Trinajstić information content (AvgIpc) is 2.82. The summed E-state index contributed by atoms with van der Waals surface area (Å²) in [6.45, 7) is 0. The predicted octanol–water partition coefficient (Wildman–Crippen LogP) is 2.60. The van der Waals surface area contributed by atoms with Gasteiger partial charge < -0.3 is 4.74 Å². The van der Waals surface area contributed by atoms with Gasteiger partial charge in [-0.25, -0.2) is 14.5 Å². The summed E-state index contributed by atoms with van der Waals surface area (Å²) in [5, 5.41) is 5.18. The number of carbonyl (C=O) groups is 1. The molecule has 94 valence electrons. The van der Waals surface area contributed by atoms with Crippen molar-refractivity contribution >= 4 is 33.5 Å². The minimum atomic E-state index is -0.489. The number of alkyl halides is 1. The zero-order valence-electron chi connectivity index (χ0n) is 9.43. The van der Waals surface area contributed by atoms with Gasteiger partial charge in [0.1, 0.15) is 0 Å². The number of esters is 1. The maximum atomic E-state index is 11.7. The number of halogens is 2. The molecule has 0 fully saturated rings. The summed E-state index contributed by atoms with van der Waals surface area (Å²) in [7, 11) is 1.31. The maximum Gasteiger partial charge on any atom is 0.356 e. The van der Waals surface area contributed by atoms with E-state index in [0.717, 1.165) is 0 Å². The molecule has 0 aliphatic rings. The first-order chi connectivity index (χ1) is 8.67. The minimum Gasteiger partial charge on any atom is -0.464 e. The van der Waals surface area contributed by atoms with E-state index in [1.54, 1.807) is 24.4 Å². The van der Waals surface area contributed by atoms with Crippen molar-refractivity contribution in [2.45, 2.75) is 5.33 Å². The number of nitrogens with zero attached hydrogens (tertiary/aromatic N) is 3. The van der Waals surface area contributed by atoms with Crippen LogP contribution in [0.5, 0.6) is 0 Å². The lowest BCUT2D eigenvalue weighted by Gasteiger charge is -2.06. The van der Waals surface area contributed by atoms with Crippen molar-refractivity contribution < 1.29 is 9.53 Å². The lowest BCUT2D eigenvalue weighted by Crippen LogP contribution is -2.11. The summed E-state index contributed by atoms with van der Waals surface area (Å²) in [4.78, 5) is 15.8. The average molecular weight is 331 g/mol. The van der Waals surface area contributed by atoms with Gasteiger partial charge in [-0.1, -0.05) is 27.5 Å². The number of pyridine rings is 1. The minimum absolute atomic E-state index is 0.285. The van der Waals surface area contributed by atoms with Crippen molar-refractivity contribution in [1.82, 2.24) is 14.8 Å². The number of ether oxygens (including phenoxy) is 1. The number of aromatic nitrogens is 3. The van der Waals surface area contributed by atoms with Crippen LogP contribution in [0.1, 0.15) is 16.2 Å². The number of rotatable bonds is 3. The molecule has 0 amide bonds. The highest BCUT2D eigenvalue weighted by Gasteiger charge is 2.18. The van der Waals surface area contributed by atoms with Gasteiger partial charge in [-0.05, 0) is 18.2 Å². The van der Waals surface area contributed by atoms with Crippen LogP contribution in [0.3, 0.4) is 0 Å². The van der Waals surface area contributed by atoms with Crippen LogP contribution < -0.4 is 0 Å². The van der Waals surface area contributed by atoms with Gasteiger partial charge in [0.05, 0.1) is 17.8 Å². The Morgan fingerprint density at radius 2 is 2.39 bits per heavy atom. The van der Waals surface area contributed by atoms with E-state index in [4.69, 9.17) is 16.3 Å².